The van der Waals surface area contributed by atoms with Crippen LogP contribution >= 0.6 is 34.7 Å². The van der Waals surface area contributed by atoms with Crippen molar-refractivity contribution in [2.24, 2.45) is 0 Å². The van der Waals surface area contributed by atoms with Gasteiger partial charge in [0.1, 0.15) is 0 Å². The molecule has 9 heteroatoms. The van der Waals surface area contributed by atoms with Crippen LogP contribution in [0.2, 0.25) is 5.02 Å². The standard InChI is InChI=1S/C17H12ClN3O3S2/c18-11-2-1-3-12(7-11)19-16-20-21-17(26-16)25-8-13(22)10-4-5-14-15(6-10)24-9-23-14/h1-7H,8-9H2,(H,19,20). The summed E-state index contributed by atoms with van der Waals surface area (Å²) in [5.41, 5.74) is 1.42. The molecule has 132 valence electrons. The van der Waals surface area contributed by atoms with Crippen molar-refractivity contribution in [2.75, 3.05) is 17.9 Å². The molecule has 0 atom stereocenters. The van der Waals surface area contributed by atoms with Gasteiger partial charge in [-0.25, -0.2) is 0 Å². The van der Waals surface area contributed by atoms with Crippen molar-refractivity contribution in [1.29, 1.82) is 0 Å². The smallest absolute Gasteiger partial charge is 0.231 e. The zero-order valence-electron chi connectivity index (χ0n) is 13.3. The monoisotopic (exact) mass is 405 g/mol. The quantitative estimate of drug-likeness (QED) is 0.473. The number of thioether (sulfide) groups is 1. The van der Waals surface area contributed by atoms with Crippen LogP contribution in [0.5, 0.6) is 11.5 Å². The first-order valence-corrected chi connectivity index (χ1v) is 9.77. The highest BCUT2D eigenvalue weighted by atomic mass is 35.5. The number of nitrogens with zero attached hydrogens (tertiary/aromatic N) is 2. The van der Waals surface area contributed by atoms with Gasteiger partial charge in [-0.15, -0.1) is 10.2 Å². The summed E-state index contributed by atoms with van der Waals surface area (Å²) in [5.74, 6) is 1.53. The number of Topliss-reactive ketones (excluding diaryl/α,β-unsaturated/α-hetero) is 1. The first-order valence-electron chi connectivity index (χ1n) is 7.59. The Morgan fingerprint density at radius 3 is 2.96 bits per heavy atom. The number of hydrogen-bond acceptors (Lipinski definition) is 8. The number of halogens is 1. The number of carbonyl (C=O) groups is 1. The normalized spacial score (nSPS) is 12.2. The predicted octanol–water partition coefficient (Wildman–Crippen LogP) is 4.64. The van der Waals surface area contributed by atoms with E-state index in [0.717, 1.165) is 5.69 Å². The number of anilines is 2. The van der Waals surface area contributed by atoms with Crippen LogP contribution in [-0.2, 0) is 0 Å². The zero-order chi connectivity index (χ0) is 17.9. The first kappa shape index (κ1) is 17.1. The Labute approximate surface area is 162 Å². The van der Waals surface area contributed by atoms with Gasteiger partial charge in [-0.3, -0.25) is 4.79 Å². The Morgan fingerprint density at radius 2 is 2.08 bits per heavy atom. The lowest BCUT2D eigenvalue weighted by Gasteiger charge is -2.02. The molecule has 0 radical (unpaired) electrons. The highest BCUT2D eigenvalue weighted by Crippen LogP contribution is 2.33. The molecule has 1 aromatic heterocycles. The predicted molar refractivity (Wildman–Crippen MR) is 102 cm³/mol. The molecule has 0 saturated carbocycles. The summed E-state index contributed by atoms with van der Waals surface area (Å²) in [6, 6.07) is 12.5. The van der Waals surface area contributed by atoms with E-state index in [9.17, 15) is 4.79 Å². The molecule has 2 aromatic carbocycles. The molecule has 0 amide bonds. The first-order chi connectivity index (χ1) is 12.7. The maximum atomic E-state index is 12.4. The third-order valence-corrected chi connectivity index (χ3v) is 5.71. The molecule has 26 heavy (non-hydrogen) atoms. The third-order valence-electron chi connectivity index (χ3n) is 3.50. The van der Waals surface area contributed by atoms with Gasteiger partial charge in [0.2, 0.25) is 11.9 Å². The van der Waals surface area contributed by atoms with Crippen LogP contribution in [0.3, 0.4) is 0 Å². The van der Waals surface area contributed by atoms with Crippen LogP contribution in [-0.4, -0.2) is 28.5 Å². The van der Waals surface area contributed by atoms with Gasteiger partial charge in [0.25, 0.3) is 0 Å². The number of aromatic nitrogens is 2. The Balaban J connectivity index is 1.36. The number of ether oxygens (including phenoxy) is 2. The van der Waals surface area contributed by atoms with Crippen molar-refractivity contribution >= 4 is 51.3 Å². The highest BCUT2D eigenvalue weighted by Gasteiger charge is 2.17. The molecule has 4 rings (SSSR count). The van der Waals surface area contributed by atoms with Gasteiger partial charge >= 0.3 is 0 Å². The van der Waals surface area contributed by atoms with E-state index in [2.05, 4.69) is 15.5 Å². The maximum Gasteiger partial charge on any atom is 0.231 e. The fraction of sp³-hybridized carbons (Fsp3) is 0.118. The lowest BCUT2D eigenvalue weighted by molar-refractivity contribution is 0.102. The fourth-order valence-corrected chi connectivity index (χ4v) is 4.15. The number of hydrogen-bond donors (Lipinski definition) is 1. The van der Waals surface area contributed by atoms with Gasteiger partial charge in [-0.2, -0.15) is 0 Å². The molecule has 6 nitrogen and oxygen atoms in total. The number of carbonyl (C=O) groups excluding carboxylic acids is 1. The van der Waals surface area contributed by atoms with Crippen LogP contribution in [0.4, 0.5) is 10.8 Å². The van der Waals surface area contributed by atoms with Gasteiger partial charge in [-0.05, 0) is 36.4 Å². The average molecular weight is 406 g/mol. The molecule has 1 N–H and O–H groups in total. The van der Waals surface area contributed by atoms with E-state index >= 15 is 0 Å². The van der Waals surface area contributed by atoms with Gasteiger partial charge < -0.3 is 14.8 Å². The number of benzene rings is 2. The van der Waals surface area contributed by atoms with Crippen LogP contribution < -0.4 is 14.8 Å². The number of rotatable bonds is 6. The highest BCUT2D eigenvalue weighted by molar-refractivity contribution is 8.01. The number of nitrogens with one attached hydrogen (secondary N) is 1. The minimum absolute atomic E-state index is 0.00662. The van der Waals surface area contributed by atoms with Gasteiger partial charge in [0.05, 0.1) is 5.75 Å². The van der Waals surface area contributed by atoms with E-state index in [-0.39, 0.29) is 18.3 Å². The molecule has 0 fully saturated rings. The number of ketones is 1. The van der Waals surface area contributed by atoms with E-state index in [1.54, 1.807) is 30.3 Å². The zero-order valence-corrected chi connectivity index (χ0v) is 15.7. The van der Waals surface area contributed by atoms with Gasteiger partial charge in [-0.1, -0.05) is 40.8 Å². The van der Waals surface area contributed by atoms with E-state index in [0.29, 0.717) is 31.6 Å². The Hall–Kier alpha value is -2.29. The second kappa shape index (κ2) is 7.53. The summed E-state index contributed by atoms with van der Waals surface area (Å²) in [5, 5.41) is 12.6. The van der Waals surface area contributed by atoms with Crippen molar-refractivity contribution in [3.05, 3.63) is 53.1 Å². The van der Waals surface area contributed by atoms with Crippen LogP contribution in [0.25, 0.3) is 0 Å². The van der Waals surface area contributed by atoms with E-state index in [1.165, 1.54) is 23.1 Å². The summed E-state index contributed by atoms with van der Waals surface area (Å²) in [6.45, 7) is 0.189. The summed E-state index contributed by atoms with van der Waals surface area (Å²) in [4.78, 5) is 12.4. The summed E-state index contributed by atoms with van der Waals surface area (Å²) in [6.07, 6.45) is 0. The van der Waals surface area contributed by atoms with Gasteiger partial charge in [0, 0.05) is 16.3 Å². The van der Waals surface area contributed by atoms with Crippen LogP contribution in [0.1, 0.15) is 10.4 Å². The van der Waals surface area contributed by atoms with Crippen molar-refractivity contribution in [2.45, 2.75) is 4.34 Å². The van der Waals surface area contributed by atoms with Crippen molar-refractivity contribution in [3.63, 3.8) is 0 Å². The average Bonchev–Trinajstić information content (AvgIpc) is 3.28. The third kappa shape index (κ3) is 3.92. The van der Waals surface area contributed by atoms with Crippen molar-refractivity contribution in [1.82, 2.24) is 10.2 Å². The fourth-order valence-electron chi connectivity index (χ4n) is 2.29. The Bertz CT molecular complexity index is 964. The number of fused-ring (bicyclic) bond motifs is 1. The minimum Gasteiger partial charge on any atom is -0.454 e. The summed E-state index contributed by atoms with van der Waals surface area (Å²) < 4.78 is 11.3. The van der Waals surface area contributed by atoms with Crippen LogP contribution in [0, 0.1) is 0 Å². The topological polar surface area (TPSA) is 73.3 Å². The van der Waals surface area contributed by atoms with Crippen molar-refractivity contribution < 1.29 is 14.3 Å². The summed E-state index contributed by atoms with van der Waals surface area (Å²) >= 11 is 8.69. The molecule has 0 saturated heterocycles. The molecule has 1 aliphatic heterocycles. The molecule has 0 unspecified atom stereocenters. The molecular weight excluding hydrogens is 394 g/mol. The lowest BCUT2D eigenvalue weighted by Crippen LogP contribution is -2.02. The lowest BCUT2D eigenvalue weighted by atomic mass is 10.1. The van der Waals surface area contributed by atoms with E-state index < -0.39 is 0 Å². The molecular formula is C17H12ClN3O3S2. The molecule has 0 bridgehead atoms. The van der Waals surface area contributed by atoms with E-state index in [4.69, 9.17) is 21.1 Å². The Morgan fingerprint density at radius 1 is 1.19 bits per heavy atom. The molecule has 0 spiro atoms. The van der Waals surface area contributed by atoms with E-state index in [1.807, 2.05) is 12.1 Å². The van der Waals surface area contributed by atoms with Crippen molar-refractivity contribution in [3.8, 4) is 11.5 Å². The summed E-state index contributed by atoms with van der Waals surface area (Å²) in [7, 11) is 0. The maximum absolute atomic E-state index is 12.4. The van der Waals surface area contributed by atoms with Crippen LogP contribution in [0.15, 0.2) is 46.8 Å². The van der Waals surface area contributed by atoms with Gasteiger partial charge in [0.15, 0.2) is 21.6 Å². The second-order valence-corrected chi connectivity index (χ2v) is 7.92. The molecule has 1 aliphatic rings. The second-order valence-electron chi connectivity index (χ2n) is 5.29. The molecule has 0 aliphatic carbocycles. The molecule has 2 heterocycles. The Kier molecular flexibility index (Phi) is 4.96. The SMILES string of the molecule is O=C(CSc1nnc(Nc2cccc(Cl)c2)s1)c1ccc2c(c1)OCO2. The largest absolute Gasteiger partial charge is 0.454 e. The molecule has 3 aromatic rings. The minimum atomic E-state index is -0.00662.